The van der Waals surface area contributed by atoms with E-state index in [0.29, 0.717) is 13.2 Å². The lowest BCUT2D eigenvalue weighted by Crippen LogP contribution is -2.20. The van der Waals surface area contributed by atoms with E-state index in [1.165, 1.54) is 0 Å². The molecule has 0 saturated carbocycles. The highest BCUT2D eigenvalue weighted by molar-refractivity contribution is 5.94. The molecule has 2 aromatic rings. The van der Waals surface area contributed by atoms with Crippen molar-refractivity contribution >= 4 is 10.8 Å². The summed E-state index contributed by atoms with van der Waals surface area (Å²) in [6.07, 6.45) is -0.381. The molecule has 120 valence electrons. The zero-order valence-electron chi connectivity index (χ0n) is 13.4. The van der Waals surface area contributed by atoms with Crippen LogP contribution in [0, 0.1) is 0 Å². The van der Waals surface area contributed by atoms with Crippen molar-refractivity contribution < 1.29 is 23.7 Å². The van der Waals surface area contributed by atoms with Gasteiger partial charge < -0.3 is 23.7 Å². The molecule has 22 heavy (non-hydrogen) atoms. The zero-order valence-corrected chi connectivity index (χ0v) is 13.4. The maximum Gasteiger partial charge on any atom is 0.180 e. The van der Waals surface area contributed by atoms with Crippen LogP contribution >= 0.6 is 0 Å². The van der Waals surface area contributed by atoms with Gasteiger partial charge in [0.1, 0.15) is 11.5 Å². The Kier molecular flexibility index (Phi) is 6.00. The van der Waals surface area contributed by atoms with E-state index in [2.05, 4.69) is 0 Å². The number of hydrogen-bond acceptors (Lipinski definition) is 5. The Morgan fingerprint density at radius 3 is 2.18 bits per heavy atom. The summed E-state index contributed by atoms with van der Waals surface area (Å²) in [4.78, 5) is 0. The van der Waals surface area contributed by atoms with Crippen LogP contribution in [-0.2, 0) is 20.8 Å². The van der Waals surface area contributed by atoms with E-state index in [9.17, 15) is 0 Å². The lowest BCUT2D eigenvalue weighted by molar-refractivity contribution is -0.142. The van der Waals surface area contributed by atoms with Crippen molar-refractivity contribution in [1.82, 2.24) is 0 Å². The molecule has 0 aliphatic rings. The van der Waals surface area contributed by atoms with E-state index in [1.807, 2.05) is 30.3 Å². The first-order chi connectivity index (χ1) is 10.7. The molecule has 0 saturated heterocycles. The van der Waals surface area contributed by atoms with Gasteiger partial charge in [-0.15, -0.1) is 0 Å². The van der Waals surface area contributed by atoms with Crippen molar-refractivity contribution in [2.75, 3.05) is 35.0 Å². The molecular formula is C17H22O5. The van der Waals surface area contributed by atoms with Crippen LogP contribution in [0.2, 0.25) is 0 Å². The van der Waals surface area contributed by atoms with Gasteiger partial charge in [-0.3, -0.25) is 0 Å². The van der Waals surface area contributed by atoms with Crippen molar-refractivity contribution in [1.29, 1.82) is 0 Å². The SMILES string of the molecule is COc1cc(COCC(OC)OC)c(OC)c2ccccc12. The van der Waals surface area contributed by atoms with Gasteiger partial charge in [0.25, 0.3) is 0 Å². The van der Waals surface area contributed by atoms with Crippen molar-refractivity contribution in [2.45, 2.75) is 12.9 Å². The first kappa shape index (κ1) is 16.5. The average Bonchev–Trinajstić information content (AvgIpc) is 2.57. The van der Waals surface area contributed by atoms with Crippen LogP contribution < -0.4 is 9.47 Å². The summed E-state index contributed by atoms with van der Waals surface area (Å²) in [7, 11) is 6.48. The van der Waals surface area contributed by atoms with E-state index < -0.39 is 0 Å². The third-order valence-electron chi connectivity index (χ3n) is 3.50. The standard InChI is InChI=1S/C17H22O5/c1-18-15-9-12(10-22-11-16(19-2)20-3)17(21-4)14-8-6-5-7-13(14)15/h5-9,16H,10-11H2,1-4H3. The third kappa shape index (κ3) is 3.50. The van der Waals surface area contributed by atoms with Crippen molar-refractivity contribution in [2.24, 2.45) is 0 Å². The molecule has 0 N–H and O–H groups in total. The molecule has 2 rings (SSSR count). The highest BCUT2D eigenvalue weighted by Crippen LogP contribution is 2.36. The van der Waals surface area contributed by atoms with Crippen LogP contribution in [0.25, 0.3) is 10.8 Å². The molecule has 0 radical (unpaired) electrons. The van der Waals surface area contributed by atoms with Gasteiger partial charge in [-0.2, -0.15) is 0 Å². The second kappa shape index (κ2) is 7.98. The van der Waals surface area contributed by atoms with E-state index in [1.54, 1.807) is 28.4 Å². The monoisotopic (exact) mass is 306 g/mol. The fourth-order valence-electron chi connectivity index (χ4n) is 2.39. The summed E-state index contributed by atoms with van der Waals surface area (Å²) in [5.74, 6) is 1.59. The van der Waals surface area contributed by atoms with Crippen LogP contribution in [0.5, 0.6) is 11.5 Å². The van der Waals surface area contributed by atoms with E-state index in [0.717, 1.165) is 27.8 Å². The molecule has 0 unspecified atom stereocenters. The smallest absolute Gasteiger partial charge is 0.180 e. The molecule has 5 heteroatoms. The molecule has 0 atom stereocenters. The predicted molar refractivity (Wildman–Crippen MR) is 84.5 cm³/mol. The van der Waals surface area contributed by atoms with Crippen molar-refractivity contribution in [3.8, 4) is 11.5 Å². The van der Waals surface area contributed by atoms with Gasteiger partial charge in [-0.1, -0.05) is 24.3 Å². The summed E-state index contributed by atoms with van der Waals surface area (Å²) < 4.78 is 26.9. The quantitative estimate of drug-likeness (QED) is 0.702. The second-order valence-corrected chi connectivity index (χ2v) is 4.73. The first-order valence-corrected chi connectivity index (χ1v) is 7.01. The van der Waals surface area contributed by atoms with Crippen molar-refractivity contribution in [3.63, 3.8) is 0 Å². The Morgan fingerprint density at radius 2 is 1.59 bits per heavy atom. The number of ether oxygens (including phenoxy) is 5. The van der Waals surface area contributed by atoms with E-state index in [-0.39, 0.29) is 6.29 Å². The Balaban J connectivity index is 2.28. The van der Waals surface area contributed by atoms with Gasteiger partial charge in [-0.05, 0) is 6.07 Å². The highest BCUT2D eigenvalue weighted by atomic mass is 16.7. The molecule has 0 aliphatic heterocycles. The third-order valence-corrected chi connectivity index (χ3v) is 3.50. The molecular weight excluding hydrogens is 284 g/mol. The van der Waals surface area contributed by atoms with Crippen LogP contribution in [0.15, 0.2) is 30.3 Å². The molecule has 0 aliphatic carbocycles. The lowest BCUT2D eigenvalue weighted by atomic mass is 10.0. The Hall–Kier alpha value is -1.82. The molecule has 5 nitrogen and oxygen atoms in total. The average molecular weight is 306 g/mol. The molecule has 0 aromatic heterocycles. The molecule has 0 spiro atoms. The minimum absolute atomic E-state index is 0.339. The summed E-state index contributed by atoms with van der Waals surface area (Å²) >= 11 is 0. The van der Waals surface area contributed by atoms with E-state index >= 15 is 0 Å². The maximum absolute atomic E-state index is 5.67. The molecule has 0 fully saturated rings. The van der Waals surface area contributed by atoms with Crippen molar-refractivity contribution in [3.05, 3.63) is 35.9 Å². The van der Waals surface area contributed by atoms with Crippen LogP contribution in [-0.4, -0.2) is 41.3 Å². The number of hydrogen-bond donors (Lipinski definition) is 0. The van der Waals surface area contributed by atoms with E-state index in [4.69, 9.17) is 23.7 Å². The molecule has 2 aromatic carbocycles. The number of benzene rings is 2. The summed E-state index contributed by atoms with van der Waals surface area (Å²) in [5, 5.41) is 2.01. The fourth-order valence-corrected chi connectivity index (χ4v) is 2.39. The second-order valence-electron chi connectivity index (χ2n) is 4.73. The maximum atomic E-state index is 5.67. The number of rotatable bonds is 8. The number of methoxy groups -OCH3 is 4. The van der Waals surface area contributed by atoms with Crippen LogP contribution in [0.3, 0.4) is 0 Å². The van der Waals surface area contributed by atoms with Crippen LogP contribution in [0.4, 0.5) is 0 Å². The van der Waals surface area contributed by atoms with Gasteiger partial charge in [0.05, 0.1) is 27.4 Å². The Morgan fingerprint density at radius 1 is 0.909 bits per heavy atom. The van der Waals surface area contributed by atoms with Gasteiger partial charge in [0, 0.05) is 30.6 Å². The topological polar surface area (TPSA) is 46.2 Å². The zero-order chi connectivity index (χ0) is 15.9. The largest absolute Gasteiger partial charge is 0.496 e. The normalized spacial score (nSPS) is 11.1. The minimum atomic E-state index is -0.381. The van der Waals surface area contributed by atoms with Gasteiger partial charge in [0.15, 0.2) is 6.29 Å². The summed E-state index contributed by atoms with van der Waals surface area (Å²) in [6, 6.07) is 9.90. The molecule has 0 bridgehead atoms. The lowest BCUT2D eigenvalue weighted by Gasteiger charge is -2.17. The number of fused-ring (bicyclic) bond motifs is 1. The Labute approximate surface area is 130 Å². The first-order valence-electron chi connectivity index (χ1n) is 7.01. The van der Waals surface area contributed by atoms with Gasteiger partial charge >= 0.3 is 0 Å². The fraction of sp³-hybridized carbons (Fsp3) is 0.412. The van der Waals surface area contributed by atoms with Gasteiger partial charge in [-0.25, -0.2) is 0 Å². The highest BCUT2D eigenvalue weighted by Gasteiger charge is 2.14. The summed E-state index contributed by atoms with van der Waals surface area (Å²) in [6.45, 7) is 0.721. The van der Waals surface area contributed by atoms with Gasteiger partial charge in [0.2, 0.25) is 0 Å². The molecule has 0 amide bonds. The molecule has 0 heterocycles. The predicted octanol–water partition coefficient (Wildman–Crippen LogP) is 2.99. The minimum Gasteiger partial charge on any atom is -0.496 e. The summed E-state index contributed by atoms with van der Waals surface area (Å²) in [5.41, 5.74) is 0.920. The Bertz CT molecular complexity index is 607. The van der Waals surface area contributed by atoms with Crippen LogP contribution in [0.1, 0.15) is 5.56 Å².